The van der Waals surface area contributed by atoms with E-state index in [1.807, 2.05) is 0 Å². The molecule has 3 unspecified atom stereocenters. The average Bonchev–Trinajstić information content (AvgIpc) is 2.94. The van der Waals surface area contributed by atoms with Crippen molar-refractivity contribution in [2.75, 3.05) is 7.05 Å². The zero-order valence-corrected chi connectivity index (χ0v) is 14.0. The molecule has 1 saturated carbocycles. The van der Waals surface area contributed by atoms with Crippen LogP contribution in [0.25, 0.3) is 0 Å². The van der Waals surface area contributed by atoms with Crippen LogP contribution in [0.2, 0.25) is 0 Å². The van der Waals surface area contributed by atoms with E-state index >= 15 is 0 Å². The van der Waals surface area contributed by atoms with Crippen LogP contribution in [0.3, 0.4) is 0 Å². The summed E-state index contributed by atoms with van der Waals surface area (Å²) >= 11 is 0. The first-order chi connectivity index (χ1) is 10.2. The third kappa shape index (κ3) is 3.34. The van der Waals surface area contributed by atoms with Crippen molar-refractivity contribution in [3.8, 4) is 0 Å². The summed E-state index contributed by atoms with van der Waals surface area (Å²) in [6.07, 6.45) is 9.39. The number of benzene rings is 1. The van der Waals surface area contributed by atoms with Crippen LogP contribution >= 0.6 is 0 Å². The minimum atomic E-state index is 0.716. The highest BCUT2D eigenvalue weighted by molar-refractivity contribution is 5.35. The molecule has 1 nitrogen and oxygen atoms in total. The highest BCUT2D eigenvalue weighted by Gasteiger charge is 2.31. The van der Waals surface area contributed by atoms with Gasteiger partial charge in [0.1, 0.15) is 0 Å². The minimum Gasteiger partial charge on any atom is -0.317 e. The summed E-state index contributed by atoms with van der Waals surface area (Å²) < 4.78 is 0. The van der Waals surface area contributed by atoms with Crippen LogP contribution in [0.5, 0.6) is 0 Å². The third-order valence-corrected chi connectivity index (χ3v) is 6.00. The van der Waals surface area contributed by atoms with Gasteiger partial charge >= 0.3 is 0 Å². The lowest BCUT2D eigenvalue weighted by atomic mass is 9.71. The molecule has 0 spiro atoms. The van der Waals surface area contributed by atoms with Gasteiger partial charge in [0.25, 0.3) is 0 Å². The third-order valence-electron chi connectivity index (χ3n) is 6.00. The van der Waals surface area contributed by atoms with Gasteiger partial charge in [-0.05, 0) is 86.4 Å². The summed E-state index contributed by atoms with van der Waals surface area (Å²) in [5.41, 5.74) is 4.81. The highest BCUT2D eigenvalue weighted by Crippen LogP contribution is 2.36. The molecular weight excluding hydrogens is 254 g/mol. The number of nitrogens with one attached hydrogen (secondary N) is 1. The van der Waals surface area contributed by atoms with Crippen LogP contribution < -0.4 is 5.32 Å². The Bertz CT molecular complexity index is 477. The Labute approximate surface area is 130 Å². The van der Waals surface area contributed by atoms with Crippen molar-refractivity contribution >= 4 is 0 Å². The van der Waals surface area contributed by atoms with E-state index in [9.17, 15) is 0 Å². The fourth-order valence-electron chi connectivity index (χ4n) is 4.57. The summed E-state index contributed by atoms with van der Waals surface area (Å²) in [5, 5.41) is 3.59. The number of hydrogen-bond acceptors (Lipinski definition) is 1. The standard InChI is InChI=1S/C20H31N/c1-14(2)17-9-10-20(21-3)19(13-17)12-15-7-8-16-5-4-6-18(16)11-15/h7-8,11,14,17,19-21H,4-6,9-10,12-13H2,1-3H3. The lowest BCUT2D eigenvalue weighted by molar-refractivity contribution is 0.173. The first-order valence-corrected chi connectivity index (χ1v) is 8.95. The summed E-state index contributed by atoms with van der Waals surface area (Å²) in [6.45, 7) is 4.80. The van der Waals surface area contributed by atoms with Gasteiger partial charge in [-0.1, -0.05) is 32.0 Å². The molecule has 116 valence electrons. The monoisotopic (exact) mass is 285 g/mol. The van der Waals surface area contributed by atoms with E-state index in [2.05, 4.69) is 44.4 Å². The molecule has 0 saturated heterocycles. The lowest BCUT2D eigenvalue weighted by Crippen LogP contribution is -2.40. The van der Waals surface area contributed by atoms with Crippen molar-refractivity contribution in [2.45, 2.75) is 64.8 Å². The van der Waals surface area contributed by atoms with Crippen LogP contribution in [0.4, 0.5) is 0 Å². The summed E-state index contributed by atoms with van der Waals surface area (Å²) in [4.78, 5) is 0. The predicted molar refractivity (Wildman–Crippen MR) is 90.7 cm³/mol. The minimum absolute atomic E-state index is 0.716. The molecule has 1 aromatic carbocycles. The second-order valence-corrected chi connectivity index (χ2v) is 7.63. The zero-order valence-electron chi connectivity index (χ0n) is 14.0. The molecule has 0 aliphatic heterocycles. The van der Waals surface area contributed by atoms with Gasteiger partial charge in [0.2, 0.25) is 0 Å². The molecule has 3 rings (SSSR count). The molecule has 0 radical (unpaired) electrons. The van der Waals surface area contributed by atoms with E-state index in [1.54, 1.807) is 16.7 Å². The van der Waals surface area contributed by atoms with Crippen LogP contribution in [0.1, 0.15) is 56.2 Å². The second-order valence-electron chi connectivity index (χ2n) is 7.63. The Morgan fingerprint density at radius 1 is 1.14 bits per heavy atom. The van der Waals surface area contributed by atoms with Gasteiger partial charge in [-0.3, -0.25) is 0 Å². The van der Waals surface area contributed by atoms with Crippen molar-refractivity contribution in [1.29, 1.82) is 0 Å². The topological polar surface area (TPSA) is 12.0 Å². The smallest absolute Gasteiger partial charge is 0.00957 e. The predicted octanol–water partition coefficient (Wildman–Crippen LogP) is 4.38. The maximum atomic E-state index is 3.59. The molecule has 1 aromatic rings. The zero-order chi connectivity index (χ0) is 14.8. The molecule has 1 N–H and O–H groups in total. The number of aryl methyl sites for hydroxylation is 2. The molecule has 0 bridgehead atoms. The van der Waals surface area contributed by atoms with Gasteiger partial charge < -0.3 is 5.32 Å². The maximum absolute atomic E-state index is 3.59. The Kier molecular flexibility index (Phi) is 4.69. The summed E-state index contributed by atoms with van der Waals surface area (Å²) in [7, 11) is 2.15. The van der Waals surface area contributed by atoms with Crippen LogP contribution in [0, 0.1) is 17.8 Å². The van der Waals surface area contributed by atoms with Crippen molar-refractivity contribution in [3.05, 3.63) is 34.9 Å². The molecule has 2 aliphatic carbocycles. The van der Waals surface area contributed by atoms with E-state index in [-0.39, 0.29) is 0 Å². The van der Waals surface area contributed by atoms with Gasteiger partial charge in [0.05, 0.1) is 0 Å². The fourth-order valence-corrected chi connectivity index (χ4v) is 4.57. The van der Waals surface area contributed by atoms with Gasteiger partial charge in [-0.15, -0.1) is 0 Å². The molecule has 1 fully saturated rings. The lowest BCUT2D eigenvalue weighted by Gasteiger charge is -2.38. The highest BCUT2D eigenvalue weighted by atomic mass is 14.9. The van der Waals surface area contributed by atoms with Crippen LogP contribution in [-0.2, 0) is 19.3 Å². The number of hydrogen-bond donors (Lipinski definition) is 1. The SMILES string of the molecule is CNC1CCC(C(C)C)CC1Cc1ccc2c(c1)CCC2. The number of rotatable bonds is 4. The second kappa shape index (κ2) is 6.52. The van der Waals surface area contributed by atoms with Gasteiger partial charge in [0, 0.05) is 6.04 Å². The normalized spacial score (nSPS) is 28.9. The fraction of sp³-hybridized carbons (Fsp3) is 0.700. The first-order valence-electron chi connectivity index (χ1n) is 8.95. The first kappa shape index (κ1) is 15.1. The van der Waals surface area contributed by atoms with E-state index in [4.69, 9.17) is 0 Å². The Hall–Kier alpha value is -0.820. The van der Waals surface area contributed by atoms with Crippen molar-refractivity contribution in [1.82, 2.24) is 5.32 Å². The molecule has 2 aliphatic rings. The quantitative estimate of drug-likeness (QED) is 0.866. The Balaban J connectivity index is 1.71. The Morgan fingerprint density at radius 2 is 1.95 bits per heavy atom. The molecule has 21 heavy (non-hydrogen) atoms. The molecule has 0 amide bonds. The van der Waals surface area contributed by atoms with Gasteiger partial charge in [0.15, 0.2) is 0 Å². The van der Waals surface area contributed by atoms with Gasteiger partial charge in [-0.25, -0.2) is 0 Å². The van der Waals surface area contributed by atoms with Crippen LogP contribution in [-0.4, -0.2) is 13.1 Å². The van der Waals surface area contributed by atoms with E-state index in [1.165, 1.54) is 44.9 Å². The maximum Gasteiger partial charge on any atom is 0.00957 e. The average molecular weight is 285 g/mol. The van der Waals surface area contributed by atoms with Crippen molar-refractivity contribution in [2.24, 2.45) is 17.8 Å². The van der Waals surface area contributed by atoms with E-state index in [0.29, 0.717) is 6.04 Å². The summed E-state index contributed by atoms with van der Waals surface area (Å²) in [6, 6.07) is 8.02. The molecule has 3 atom stereocenters. The molecular formula is C20H31N. The van der Waals surface area contributed by atoms with Crippen molar-refractivity contribution < 1.29 is 0 Å². The summed E-state index contributed by atoms with van der Waals surface area (Å²) in [5.74, 6) is 2.58. The van der Waals surface area contributed by atoms with Gasteiger partial charge in [-0.2, -0.15) is 0 Å². The largest absolute Gasteiger partial charge is 0.317 e. The molecule has 0 heterocycles. The van der Waals surface area contributed by atoms with Crippen LogP contribution in [0.15, 0.2) is 18.2 Å². The van der Waals surface area contributed by atoms with E-state index in [0.717, 1.165) is 17.8 Å². The Morgan fingerprint density at radius 3 is 2.71 bits per heavy atom. The van der Waals surface area contributed by atoms with Crippen molar-refractivity contribution in [3.63, 3.8) is 0 Å². The van der Waals surface area contributed by atoms with E-state index < -0.39 is 0 Å². The molecule has 0 aromatic heterocycles. The number of fused-ring (bicyclic) bond motifs is 1. The molecule has 1 heteroatoms.